The second-order valence-electron chi connectivity index (χ2n) is 6.78. The first-order valence-corrected chi connectivity index (χ1v) is 9.10. The van der Waals surface area contributed by atoms with E-state index >= 15 is 0 Å². The molecule has 4 aromatic rings. The van der Waals surface area contributed by atoms with Gasteiger partial charge >= 0.3 is 0 Å². The van der Waals surface area contributed by atoms with Gasteiger partial charge in [0.1, 0.15) is 0 Å². The second-order valence-corrected chi connectivity index (χ2v) is 6.78. The molecule has 0 heterocycles. The summed E-state index contributed by atoms with van der Waals surface area (Å²) in [6, 6.07) is 30.4. The Kier molecular flexibility index (Phi) is 3.68. The van der Waals surface area contributed by atoms with E-state index in [0.29, 0.717) is 0 Å². The number of allylic oxidation sites excluding steroid dienone is 4. The van der Waals surface area contributed by atoms with E-state index in [0.717, 1.165) is 6.42 Å². The van der Waals surface area contributed by atoms with Crippen molar-refractivity contribution in [3.05, 3.63) is 115 Å². The van der Waals surface area contributed by atoms with Crippen molar-refractivity contribution in [3.8, 4) is 0 Å². The molecule has 0 saturated carbocycles. The molecule has 1 aliphatic carbocycles. The molecule has 123 valence electrons. The largest absolute Gasteiger partial charge is 0.0726 e. The van der Waals surface area contributed by atoms with E-state index in [4.69, 9.17) is 0 Å². The van der Waals surface area contributed by atoms with Gasteiger partial charge in [-0.15, -0.1) is 0 Å². The predicted octanol–water partition coefficient (Wildman–Crippen LogP) is 7.07. The Labute approximate surface area is 154 Å². The number of fused-ring (bicyclic) bond motifs is 2. The lowest BCUT2D eigenvalue weighted by atomic mass is 9.87. The standard InChI is InChI=1S/C26H19/c1-3-14-23-19(8-1)10-6-16-25(23)21-12-5-13-22(18-21)26-17-7-11-20-9-2-4-15-24(20)26/h1-12,14-18H,13H2. The molecular weight excluding hydrogens is 312 g/mol. The van der Waals surface area contributed by atoms with E-state index < -0.39 is 0 Å². The number of rotatable bonds is 2. The Morgan fingerprint density at radius 3 is 1.85 bits per heavy atom. The monoisotopic (exact) mass is 331 g/mol. The molecule has 0 aromatic heterocycles. The van der Waals surface area contributed by atoms with E-state index in [1.807, 2.05) is 0 Å². The molecule has 0 bridgehead atoms. The fourth-order valence-corrected chi connectivity index (χ4v) is 3.95. The van der Waals surface area contributed by atoms with Crippen LogP contribution >= 0.6 is 0 Å². The summed E-state index contributed by atoms with van der Waals surface area (Å²) in [6.45, 7) is 0. The van der Waals surface area contributed by atoms with Crippen LogP contribution in [-0.4, -0.2) is 0 Å². The van der Waals surface area contributed by atoms with Gasteiger partial charge in [0.2, 0.25) is 0 Å². The van der Waals surface area contributed by atoms with Crippen LogP contribution in [0.4, 0.5) is 0 Å². The Hall–Kier alpha value is -3.12. The zero-order valence-corrected chi connectivity index (χ0v) is 14.5. The first-order valence-electron chi connectivity index (χ1n) is 9.10. The van der Waals surface area contributed by atoms with Crippen LogP contribution in [0.1, 0.15) is 17.5 Å². The number of hydrogen-bond donors (Lipinski definition) is 0. The van der Waals surface area contributed by atoms with E-state index in [1.54, 1.807) is 0 Å². The average Bonchev–Trinajstić information content (AvgIpc) is 2.73. The fraction of sp³-hybridized carbons (Fsp3) is 0.0385. The van der Waals surface area contributed by atoms with Crippen LogP contribution in [0.5, 0.6) is 0 Å². The normalized spacial score (nSPS) is 14.3. The summed E-state index contributed by atoms with van der Waals surface area (Å²) in [5.74, 6) is 0. The van der Waals surface area contributed by atoms with Gasteiger partial charge in [0.15, 0.2) is 0 Å². The van der Waals surface area contributed by atoms with E-state index in [9.17, 15) is 0 Å². The summed E-state index contributed by atoms with van der Waals surface area (Å²) in [4.78, 5) is 0. The first kappa shape index (κ1) is 15.2. The SMILES string of the molecule is [CH]1C=C(c2cccc3ccccc23)C=C(c2cccc3ccccc23)C1. The van der Waals surface area contributed by atoms with Gasteiger partial charge in [-0.05, 0) is 56.7 Å². The summed E-state index contributed by atoms with van der Waals surface area (Å²) >= 11 is 0. The third-order valence-electron chi connectivity index (χ3n) is 5.20. The molecule has 0 nitrogen and oxygen atoms in total. The van der Waals surface area contributed by atoms with Crippen LogP contribution in [0, 0.1) is 6.42 Å². The molecule has 0 N–H and O–H groups in total. The fourth-order valence-electron chi connectivity index (χ4n) is 3.95. The third kappa shape index (κ3) is 2.55. The zero-order valence-electron chi connectivity index (χ0n) is 14.5. The Balaban J connectivity index is 1.66. The molecule has 0 saturated heterocycles. The second kappa shape index (κ2) is 6.31. The summed E-state index contributed by atoms with van der Waals surface area (Å²) in [7, 11) is 0. The van der Waals surface area contributed by atoms with E-state index in [2.05, 4.69) is 104 Å². The molecule has 0 spiro atoms. The van der Waals surface area contributed by atoms with Crippen molar-refractivity contribution in [1.82, 2.24) is 0 Å². The minimum atomic E-state index is 0.974. The smallest absolute Gasteiger partial charge is 0.0106 e. The van der Waals surface area contributed by atoms with Crippen LogP contribution < -0.4 is 0 Å². The van der Waals surface area contributed by atoms with Gasteiger partial charge in [0.25, 0.3) is 0 Å². The van der Waals surface area contributed by atoms with E-state index in [-0.39, 0.29) is 0 Å². The van der Waals surface area contributed by atoms with Crippen LogP contribution in [0.15, 0.2) is 97.1 Å². The van der Waals surface area contributed by atoms with Crippen molar-refractivity contribution in [2.24, 2.45) is 0 Å². The van der Waals surface area contributed by atoms with Crippen molar-refractivity contribution in [3.63, 3.8) is 0 Å². The minimum Gasteiger partial charge on any atom is -0.0726 e. The van der Waals surface area contributed by atoms with Crippen molar-refractivity contribution in [2.45, 2.75) is 6.42 Å². The highest BCUT2D eigenvalue weighted by Crippen LogP contribution is 2.36. The number of hydrogen-bond acceptors (Lipinski definition) is 0. The average molecular weight is 331 g/mol. The van der Waals surface area contributed by atoms with Crippen LogP contribution in [0.2, 0.25) is 0 Å². The highest BCUT2D eigenvalue weighted by atomic mass is 14.2. The van der Waals surface area contributed by atoms with Gasteiger partial charge in [-0.25, -0.2) is 0 Å². The summed E-state index contributed by atoms with van der Waals surface area (Å²) < 4.78 is 0. The molecule has 5 rings (SSSR count). The molecule has 1 radical (unpaired) electrons. The highest BCUT2D eigenvalue weighted by Gasteiger charge is 2.13. The van der Waals surface area contributed by atoms with Gasteiger partial charge in [-0.3, -0.25) is 0 Å². The van der Waals surface area contributed by atoms with Crippen LogP contribution in [0.25, 0.3) is 32.7 Å². The number of benzene rings is 4. The molecular formula is C26H19. The molecule has 0 amide bonds. The first-order chi connectivity index (χ1) is 12.9. The van der Waals surface area contributed by atoms with Crippen molar-refractivity contribution < 1.29 is 0 Å². The lowest BCUT2D eigenvalue weighted by molar-refractivity contribution is 1.29. The molecule has 0 unspecified atom stereocenters. The zero-order chi connectivity index (χ0) is 17.3. The van der Waals surface area contributed by atoms with E-state index in [1.165, 1.54) is 43.8 Å². The van der Waals surface area contributed by atoms with Crippen molar-refractivity contribution in [1.29, 1.82) is 0 Å². The van der Waals surface area contributed by atoms with Gasteiger partial charge in [0, 0.05) is 0 Å². The van der Waals surface area contributed by atoms with Gasteiger partial charge in [0.05, 0.1) is 0 Å². The maximum atomic E-state index is 2.36. The maximum Gasteiger partial charge on any atom is -0.0106 e. The topological polar surface area (TPSA) is 0 Å². The lowest BCUT2D eigenvalue weighted by Gasteiger charge is -2.17. The van der Waals surface area contributed by atoms with Gasteiger partial charge in [-0.2, -0.15) is 0 Å². The quantitative estimate of drug-likeness (QED) is 0.368. The molecule has 0 atom stereocenters. The Morgan fingerprint density at radius 1 is 0.538 bits per heavy atom. The molecule has 26 heavy (non-hydrogen) atoms. The molecule has 0 aliphatic heterocycles. The van der Waals surface area contributed by atoms with Crippen molar-refractivity contribution in [2.75, 3.05) is 0 Å². The van der Waals surface area contributed by atoms with Gasteiger partial charge in [-0.1, -0.05) is 97.1 Å². The highest BCUT2D eigenvalue weighted by molar-refractivity contribution is 6.02. The Bertz CT molecular complexity index is 1160. The van der Waals surface area contributed by atoms with Crippen molar-refractivity contribution >= 4 is 32.7 Å². The molecule has 4 aromatic carbocycles. The molecule has 1 aliphatic rings. The van der Waals surface area contributed by atoms with Crippen LogP contribution in [0.3, 0.4) is 0 Å². The minimum absolute atomic E-state index is 0.974. The third-order valence-corrected chi connectivity index (χ3v) is 5.20. The summed E-state index contributed by atoms with van der Waals surface area (Å²) in [5.41, 5.74) is 5.31. The summed E-state index contributed by atoms with van der Waals surface area (Å²) in [6.07, 6.45) is 7.89. The van der Waals surface area contributed by atoms with Crippen LogP contribution in [-0.2, 0) is 0 Å². The maximum absolute atomic E-state index is 2.36. The Morgan fingerprint density at radius 2 is 1.12 bits per heavy atom. The molecule has 0 heteroatoms. The lowest BCUT2D eigenvalue weighted by Crippen LogP contribution is -1.95. The summed E-state index contributed by atoms with van der Waals surface area (Å²) in [5, 5.41) is 5.22. The molecule has 0 fully saturated rings. The predicted molar refractivity (Wildman–Crippen MR) is 113 cm³/mol. The van der Waals surface area contributed by atoms with Gasteiger partial charge < -0.3 is 0 Å².